The van der Waals surface area contributed by atoms with Crippen molar-refractivity contribution in [3.63, 3.8) is 0 Å². The molecule has 0 atom stereocenters. The molecule has 1 aliphatic carbocycles. The Kier molecular flexibility index (Phi) is 6.59. The minimum Gasteiger partial charge on any atom is -0.322 e. The Balaban J connectivity index is 1.55. The number of thiophene rings is 1. The number of hydrogen-bond donors (Lipinski definition) is 1. The zero-order valence-electron chi connectivity index (χ0n) is 19.9. The Morgan fingerprint density at radius 1 is 0.912 bits per heavy atom. The lowest BCUT2D eigenvalue weighted by molar-refractivity contribution is 0.102. The molecule has 3 nitrogen and oxygen atoms in total. The SMILES string of the molecule is Cc1cc(C)cc(NC(=O)c2c(N=Cc3cccc4ccccc34)sc3c2CCCCCC3)c1. The minimum absolute atomic E-state index is 0.0480. The number of anilines is 1. The summed E-state index contributed by atoms with van der Waals surface area (Å²) in [6.07, 6.45) is 8.70. The van der Waals surface area contributed by atoms with Gasteiger partial charge in [0, 0.05) is 22.3 Å². The van der Waals surface area contributed by atoms with E-state index < -0.39 is 0 Å². The van der Waals surface area contributed by atoms with E-state index in [1.54, 1.807) is 11.3 Å². The Hall–Kier alpha value is -3.24. The van der Waals surface area contributed by atoms with Gasteiger partial charge >= 0.3 is 0 Å². The third-order valence-electron chi connectivity index (χ3n) is 6.50. The van der Waals surface area contributed by atoms with Crippen molar-refractivity contribution in [3.05, 3.63) is 93.4 Å². The summed E-state index contributed by atoms with van der Waals surface area (Å²) in [6, 6.07) is 20.8. The summed E-state index contributed by atoms with van der Waals surface area (Å²) < 4.78 is 0. The molecule has 0 saturated carbocycles. The van der Waals surface area contributed by atoms with E-state index in [1.165, 1.54) is 40.5 Å². The van der Waals surface area contributed by atoms with Gasteiger partial charge in [-0.15, -0.1) is 11.3 Å². The molecule has 0 unspecified atom stereocenters. The summed E-state index contributed by atoms with van der Waals surface area (Å²) in [7, 11) is 0. The predicted molar refractivity (Wildman–Crippen MR) is 145 cm³/mol. The zero-order valence-corrected chi connectivity index (χ0v) is 20.7. The van der Waals surface area contributed by atoms with Crippen LogP contribution in [-0.4, -0.2) is 12.1 Å². The fourth-order valence-electron chi connectivity index (χ4n) is 4.96. The lowest BCUT2D eigenvalue weighted by atomic mass is 9.96. The molecule has 172 valence electrons. The number of hydrogen-bond acceptors (Lipinski definition) is 3. The van der Waals surface area contributed by atoms with Crippen molar-refractivity contribution < 1.29 is 4.79 Å². The number of fused-ring (bicyclic) bond motifs is 2. The molecule has 4 heteroatoms. The van der Waals surface area contributed by atoms with E-state index in [0.717, 1.165) is 52.2 Å². The molecule has 5 rings (SSSR count). The first-order chi connectivity index (χ1) is 16.6. The Morgan fingerprint density at radius 3 is 2.47 bits per heavy atom. The van der Waals surface area contributed by atoms with Crippen LogP contribution in [-0.2, 0) is 12.8 Å². The molecule has 3 aromatic carbocycles. The van der Waals surface area contributed by atoms with Gasteiger partial charge in [0.05, 0.1) is 5.56 Å². The number of benzene rings is 3. The second kappa shape index (κ2) is 9.94. The van der Waals surface area contributed by atoms with E-state index in [4.69, 9.17) is 4.99 Å². The van der Waals surface area contributed by atoms with Gasteiger partial charge in [-0.2, -0.15) is 0 Å². The lowest BCUT2D eigenvalue weighted by Crippen LogP contribution is -2.14. The molecule has 1 amide bonds. The van der Waals surface area contributed by atoms with E-state index in [9.17, 15) is 4.79 Å². The van der Waals surface area contributed by atoms with Gasteiger partial charge in [0.15, 0.2) is 0 Å². The molecule has 1 aromatic heterocycles. The highest BCUT2D eigenvalue weighted by molar-refractivity contribution is 7.16. The van der Waals surface area contributed by atoms with Crippen molar-refractivity contribution >= 4 is 44.9 Å². The number of aryl methyl sites for hydroxylation is 3. The van der Waals surface area contributed by atoms with Crippen LogP contribution in [0.25, 0.3) is 10.8 Å². The summed E-state index contributed by atoms with van der Waals surface area (Å²) in [5.41, 5.74) is 6.17. The first-order valence-electron chi connectivity index (χ1n) is 12.1. The van der Waals surface area contributed by atoms with Crippen molar-refractivity contribution in [2.45, 2.75) is 52.4 Å². The Labute approximate surface area is 205 Å². The maximum absolute atomic E-state index is 13.6. The molecule has 0 bridgehead atoms. The van der Waals surface area contributed by atoms with Crippen LogP contribution in [0.3, 0.4) is 0 Å². The van der Waals surface area contributed by atoms with Crippen LogP contribution in [0.4, 0.5) is 10.7 Å². The third-order valence-corrected chi connectivity index (χ3v) is 7.70. The van der Waals surface area contributed by atoms with Crippen molar-refractivity contribution in [3.8, 4) is 0 Å². The van der Waals surface area contributed by atoms with Crippen LogP contribution in [0.15, 0.2) is 65.7 Å². The minimum atomic E-state index is -0.0480. The second-order valence-corrected chi connectivity index (χ2v) is 10.3. The number of aliphatic imine (C=N–C) groups is 1. The van der Waals surface area contributed by atoms with E-state index in [2.05, 4.69) is 67.7 Å². The normalized spacial score (nSPS) is 14.1. The standard InChI is InChI=1S/C30H30N2OS/c1-20-16-21(2)18-24(17-20)32-29(33)28-26-14-5-3-4-6-15-27(26)34-30(28)31-19-23-12-9-11-22-10-7-8-13-25(22)23/h7-13,16-19H,3-6,14-15H2,1-2H3,(H,32,33). The van der Waals surface area contributed by atoms with Crippen LogP contribution in [0.1, 0.15) is 63.2 Å². The van der Waals surface area contributed by atoms with Crippen molar-refractivity contribution in [1.82, 2.24) is 0 Å². The summed E-state index contributed by atoms with van der Waals surface area (Å²) >= 11 is 1.70. The summed E-state index contributed by atoms with van der Waals surface area (Å²) in [5, 5.41) is 6.36. The molecule has 1 heterocycles. The summed E-state index contributed by atoms with van der Waals surface area (Å²) in [6.45, 7) is 4.12. The van der Waals surface area contributed by atoms with Crippen molar-refractivity contribution in [2.24, 2.45) is 4.99 Å². The van der Waals surface area contributed by atoms with Gasteiger partial charge in [0.2, 0.25) is 0 Å². The quantitative estimate of drug-likeness (QED) is 0.303. The number of amides is 1. The monoisotopic (exact) mass is 466 g/mol. The highest BCUT2D eigenvalue weighted by Gasteiger charge is 2.24. The average Bonchev–Trinajstić information content (AvgIpc) is 3.13. The molecule has 0 spiro atoms. The highest BCUT2D eigenvalue weighted by Crippen LogP contribution is 2.39. The maximum Gasteiger partial charge on any atom is 0.259 e. The van der Waals surface area contributed by atoms with Gasteiger partial charge in [-0.3, -0.25) is 4.79 Å². The van der Waals surface area contributed by atoms with Gasteiger partial charge in [0.25, 0.3) is 5.91 Å². The number of carbonyl (C=O) groups is 1. The topological polar surface area (TPSA) is 41.5 Å². The third kappa shape index (κ3) is 4.83. The molecule has 1 aliphatic rings. The van der Waals surface area contributed by atoms with Crippen LogP contribution in [0.5, 0.6) is 0 Å². The molecule has 1 N–H and O–H groups in total. The Morgan fingerprint density at radius 2 is 1.65 bits per heavy atom. The first kappa shape index (κ1) is 22.5. The van der Waals surface area contributed by atoms with E-state index in [-0.39, 0.29) is 5.91 Å². The largest absolute Gasteiger partial charge is 0.322 e. The highest BCUT2D eigenvalue weighted by atomic mass is 32.1. The zero-order chi connectivity index (χ0) is 23.5. The molecule has 0 fully saturated rings. The van der Waals surface area contributed by atoms with Crippen LogP contribution in [0.2, 0.25) is 0 Å². The number of carbonyl (C=O) groups excluding carboxylic acids is 1. The number of nitrogens with zero attached hydrogens (tertiary/aromatic N) is 1. The van der Waals surface area contributed by atoms with Crippen LogP contribution >= 0.6 is 11.3 Å². The van der Waals surface area contributed by atoms with E-state index >= 15 is 0 Å². The molecule has 4 aromatic rings. The smallest absolute Gasteiger partial charge is 0.259 e. The molecule has 0 radical (unpaired) electrons. The molecule has 0 aliphatic heterocycles. The van der Waals surface area contributed by atoms with E-state index in [0.29, 0.717) is 0 Å². The predicted octanol–water partition coefficient (Wildman–Crippen LogP) is 8.18. The Bertz CT molecular complexity index is 1360. The molecule has 0 saturated heterocycles. The van der Waals surface area contributed by atoms with Gasteiger partial charge in [-0.1, -0.05) is 61.4 Å². The van der Waals surface area contributed by atoms with Gasteiger partial charge in [-0.05, 0) is 79.1 Å². The molecule has 34 heavy (non-hydrogen) atoms. The van der Waals surface area contributed by atoms with Crippen molar-refractivity contribution in [2.75, 3.05) is 5.32 Å². The fourth-order valence-corrected chi connectivity index (χ4v) is 6.19. The van der Waals surface area contributed by atoms with E-state index in [1.807, 2.05) is 18.3 Å². The van der Waals surface area contributed by atoms with Gasteiger partial charge in [-0.25, -0.2) is 4.99 Å². The van der Waals surface area contributed by atoms with Gasteiger partial charge < -0.3 is 5.32 Å². The number of nitrogens with one attached hydrogen (secondary N) is 1. The summed E-state index contributed by atoms with van der Waals surface area (Å²) in [5.74, 6) is -0.0480. The summed E-state index contributed by atoms with van der Waals surface area (Å²) in [4.78, 5) is 19.9. The first-order valence-corrected chi connectivity index (χ1v) is 13.0. The number of rotatable bonds is 4. The second-order valence-electron chi connectivity index (χ2n) is 9.26. The molecular weight excluding hydrogens is 436 g/mol. The van der Waals surface area contributed by atoms with Crippen LogP contribution in [0, 0.1) is 13.8 Å². The lowest BCUT2D eigenvalue weighted by Gasteiger charge is -2.12. The van der Waals surface area contributed by atoms with Crippen LogP contribution < -0.4 is 5.32 Å². The molecular formula is C30H30N2OS. The van der Waals surface area contributed by atoms with Crippen molar-refractivity contribution in [1.29, 1.82) is 0 Å². The fraction of sp³-hybridized carbons (Fsp3) is 0.267. The maximum atomic E-state index is 13.6. The average molecular weight is 467 g/mol. The van der Waals surface area contributed by atoms with Gasteiger partial charge in [0.1, 0.15) is 5.00 Å².